The average Bonchev–Trinajstić information content (AvgIpc) is 2.58. The zero-order chi connectivity index (χ0) is 18.3. The van der Waals surface area contributed by atoms with Gasteiger partial charge in [0.15, 0.2) is 9.84 Å². The molecule has 142 valence electrons. The summed E-state index contributed by atoms with van der Waals surface area (Å²) < 4.78 is 22.7. The average molecular weight is 397 g/mol. The number of carbonyl (C=O) groups is 1. The number of nitrogens with two attached hydrogens (primary N) is 1. The van der Waals surface area contributed by atoms with E-state index in [0.717, 1.165) is 6.42 Å². The first-order valence-corrected chi connectivity index (χ1v) is 10.2. The smallest absolute Gasteiger partial charge is 0.253 e. The number of nitrogens with zero attached hydrogens (tertiary/aromatic N) is 1. The maximum atomic E-state index is 12.7. The molecule has 0 aliphatic heterocycles. The van der Waals surface area contributed by atoms with Gasteiger partial charge in [0.05, 0.1) is 5.75 Å². The van der Waals surface area contributed by atoms with Crippen LogP contribution in [-0.2, 0) is 22.0 Å². The highest BCUT2D eigenvalue weighted by molar-refractivity contribution is 7.89. The van der Waals surface area contributed by atoms with Gasteiger partial charge < -0.3 is 10.6 Å². The first kappa shape index (κ1) is 22.2. The van der Waals surface area contributed by atoms with E-state index < -0.39 is 9.84 Å². The van der Waals surface area contributed by atoms with Crippen molar-refractivity contribution < 1.29 is 13.2 Å². The van der Waals surface area contributed by atoms with Crippen molar-refractivity contribution in [3.63, 3.8) is 0 Å². The van der Waals surface area contributed by atoms with Crippen molar-refractivity contribution in [2.24, 2.45) is 5.73 Å². The molecule has 2 rings (SSSR count). The molecule has 0 heterocycles. The van der Waals surface area contributed by atoms with E-state index in [1.54, 1.807) is 29.2 Å². The fourth-order valence-corrected chi connectivity index (χ4v) is 3.41. The molecular formula is C19H25ClN2O3S. The molecule has 0 saturated carbocycles. The Labute approximate surface area is 161 Å². The van der Waals surface area contributed by atoms with Crippen LogP contribution in [0.15, 0.2) is 54.6 Å². The van der Waals surface area contributed by atoms with E-state index in [1.165, 1.54) is 11.8 Å². The van der Waals surface area contributed by atoms with Gasteiger partial charge in [-0.1, -0.05) is 42.5 Å². The van der Waals surface area contributed by atoms with Crippen LogP contribution in [0, 0.1) is 0 Å². The van der Waals surface area contributed by atoms with E-state index >= 15 is 0 Å². The molecule has 2 aromatic carbocycles. The van der Waals surface area contributed by atoms with Crippen molar-refractivity contribution in [2.45, 2.75) is 12.2 Å². The van der Waals surface area contributed by atoms with Gasteiger partial charge in [0.1, 0.15) is 0 Å². The Bertz CT molecular complexity index is 793. The number of carbonyl (C=O) groups excluding carboxylic acids is 1. The van der Waals surface area contributed by atoms with Crippen LogP contribution < -0.4 is 5.73 Å². The van der Waals surface area contributed by atoms with Crippen LogP contribution in [0.25, 0.3) is 0 Å². The van der Waals surface area contributed by atoms with E-state index in [4.69, 9.17) is 5.73 Å². The van der Waals surface area contributed by atoms with Crippen LogP contribution in [0.5, 0.6) is 0 Å². The normalized spacial score (nSPS) is 10.8. The number of rotatable bonds is 8. The Hall–Kier alpha value is -1.89. The van der Waals surface area contributed by atoms with Crippen LogP contribution in [0.2, 0.25) is 0 Å². The Balaban J connectivity index is 0.00000338. The highest BCUT2D eigenvalue weighted by atomic mass is 35.5. The van der Waals surface area contributed by atoms with E-state index in [0.29, 0.717) is 30.8 Å². The first-order chi connectivity index (χ1) is 11.9. The van der Waals surface area contributed by atoms with Gasteiger partial charge in [0.25, 0.3) is 5.91 Å². The number of halogens is 1. The SMILES string of the molecule is CS(=O)(=O)Cc1ccc(C(=O)N(CCN)CCc2ccccc2)cc1.Cl. The minimum absolute atomic E-state index is 0. The lowest BCUT2D eigenvalue weighted by molar-refractivity contribution is 0.0762. The summed E-state index contributed by atoms with van der Waals surface area (Å²) in [4.78, 5) is 14.4. The molecule has 5 nitrogen and oxygen atoms in total. The van der Waals surface area contributed by atoms with Crippen molar-refractivity contribution in [1.82, 2.24) is 4.90 Å². The standard InChI is InChI=1S/C19H24N2O3S.ClH/c1-25(23,24)15-17-7-9-18(10-8-17)19(22)21(14-12-20)13-11-16-5-3-2-4-6-16;/h2-10H,11-15,20H2,1H3;1H. The van der Waals surface area contributed by atoms with Crippen LogP contribution in [-0.4, -0.2) is 45.1 Å². The quantitative estimate of drug-likeness (QED) is 0.742. The number of hydrogen-bond donors (Lipinski definition) is 1. The van der Waals surface area contributed by atoms with E-state index in [2.05, 4.69) is 0 Å². The van der Waals surface area contributed by atoms with Gasteiger partial charge in [-0.2, -0.15) is 0 Å². The molecule has 0 atom stereocenters. The third kappa shape index (κ3) is 7.15. The predicted octanol–water partition coefficient (Wildman–Crippen LogP) is 2.30. The lowest BCUT2D eigenvalue weighted by Gasteiger charge is -2.22. The third-order valence-corrected chi connectivity index (χ3v) is 4.69. The maximum absolute atomic E-state index is 12.7. The Morgan fingerprint density at radius 1 is 0.962 bits per heavy atom. The molecular weight excluding hydrogens is 372 g/mol. The highest BCUT2D eigenvalue weighted by Crippen LogP contribution is 2.11. The zero-order valence-corrected chi connectivity index (χ0v) is 16.4. The number of sulfone groups is 1. The molecule has 0 aliphatic carbocycles. The monoisotopic (exact) mass is 396 g/mol. The number of benzene rings is 2. The van der Waals surface area contributed by atoms with Crippen molar-refractivity contribution in [3.05, 3.63) is 71.3 Å². The maximum Gasteiger partial charge on any atom is 0.253 e. The fraction of sp³-hybridized carbons (Fsp3) is 0.316. The summed E-state index contributed by atoms with van der Waals surface area (Å²) in [6.07, 6.45) is 1.96. The molecule has 0 fully saturated rings. The van der Waals surface area contributed by atoms with Crippen LogP contribution >= 0.6 is 12.4 Å². The molecule has 7 heteroatoms. The highest BCUT2D eigenvalue weighted by Gasteiger charge is 2.15. The van der Waals surface area contributed by atoms with Crippen LogP contribution in [0.3, 0.4) is 0 Å². The van der Waals surface area contributed by atoms with Gasteiger partial charge in [-0.15, -0.1) is 12.4 Å². The molecule has 2 aromatic rings. The van der Waals surface area contributed by atoms with Gasteiger partial charge in [-0.25, -0.2) is 8.42 Å². The second-order valence-corrected chi connectivity index (χ2v) is 8.22. The summed E-state index contributed by atoms with van der Waals surface area (Å²) in [5.41, 5.74) is 8.03. The minimum Gasteiger partial charge on any atom is -0.337 e. The van der Waals surface area contributed by atoms with Gasteiger partial charge >= 0.3 is 0 Å². The van der Waals surface area contributed by atoms with E-state index in [9.17, 15) is 13.2 Å². The largest absolute Gasteiger partial charge is 0.337 e. The van der Waals surface area contributed by atoms with Gasteiger partial charge in [0, 0.05) is 31.5 Å². The summed E-state index contributed by atoms with van der Waals surface area (Å²) in [6.45, 7) is 1.47. The lowest BCUT2D eigenvalue weighted by Crippen LogP contribution is -2.36. The first-order valence-electron chi connectivity index (χ1n) is 8.19. The van der Waals surface area contributed by atoms with Crippen molar-refractivity contribution in [2.75, 3.05) is 25.9 Å². The van der Waals surface area contributed by atoms with E-state index in [1.807, 2.05) is 30.3 Å². The minimum atomic E-state index is -3.09. The van der Waals surface area contributed by atoms with Crippen LogP contribution in [0.4, 0.5) is 0 Å². The van der Waals surface area contributed by atoms with Crippen molar-refractivity contribution >= 4 is 28.2 Å². The zero-order valence-electron chi connectivity index (χ0n) is 14.8. The molecule has 0 spiro atoms. The third-order valence-electron chi connectivity index (χ3n) is 3.83. The molecule has 0 bridgehead atoms. The topological polar surface area (TPSA) is 80.5 Å². The second-order valence-electron chi connectivity index (χ2n) is 6.08. The summed E-state index contributed by atoms with van der Waals surface area (Å²) >= 11 is 0. The Morgan fingerprint density at radius 3 is 2.12 bits per heavy atom. The Kier molecular flexibility index (Phi) is 8.78. The summed E-state index contributed by atoms with van der Waals surface area (Å²) in [6, 6.07) is 16.7. The van der Waals surface area contributed by atoms with Gasteiger partial charge in [-0.05, 0) is 29.7 Å². The fourth-order valence-electron chi connectivity index (χ4n) is 2.61. The molecule has 0 saturated heterocycles. The molecule has 26 heavy (non-hydrogen) atoms. The van der Waals surface area contributed by atoms with Crippen LogP contribution in [0.1, 0.15) is 21.5 Å². The summed E-state index contributed by atoms with van der Waals surface area (Å²) in [5, 5.41) is 0. The molecule has 1 amide bonds. The predicted molar refractivity (Wildman–Crippen MR) is 107 cm³/mol. The Morgan fingerprint density at radius 2 is 1.58 bits per heavy atom. The molecule has 0 aliphatic rings. The van der Waals surface area contributed by atoms with E-state index in [-0.39, 0.29) is 24.1 Å². The lowest BCUT2D eigenvalue weighted by atomic mass is 10.1. The number of amides is 1. The molecule has 0 unspecified atom stereocenters. The van der Waals surface area contributed by atoms with Gasteiger partial charge in [0.2, 0.25) is 0 Å². The molecule has 0 aromatic heterocycles. The summed E-state index contributed by atoms with van der Waals surface area (Å²) in [7, 11) is -3.09. The van der Waals surface area contributed by atoms with Crippen molar-refractivity contribution in [3.8, 4) is 0 Å². The van der Waals surface area contributed by atoms with Gasteiger partial charge in [-0.3, -0.25) is 4.79 Å². The number of hydrogen-bond acceptors (Lipinski definition) is 4. The second kappa shape index (κ2) is 10.3. The summed E-state index contributed by atoms with van der Waals surface area (Å²) in [5.74, 6) is -0.116. The molecule has 0 radical (unpaired) electrons. The van der Waals surface area contributed by atoms with Crippen molar-refractivity contribution in [1.29, 1.82) is 0 Å². The molecule has 2 N–H and O–H groups in total.